The van der Waals surface area contributed by atoms with Crippen LogP contribution in [-0.2, 0) is 14.9 Å². The van der Waals surface area contributed by atoms with Crippen molar-refractivity contribution in [3.8, 4) is 17.2 Å². The Labute approximate surface area is 209 Å². The summed E-state index contributed by atoms with van der Waals surface area (Å²) in [5.41, 5.74) is 3.20. The first-order valence-corrected chi connectivity index (χ1v) is 12.9. The summed E-state index contributed by atoms with van der Waals surface area (Å²) in [7, 11) is 0. The molecular weight excluding hydrogens is 464 g/mol. The Morgan fingerprint density at radius 1 is 1.11 bits per heavy atom. The first-order chi connectivity index (χ1) is 17.0. The van der Waals surface area contributed by atoms with Crippen molar-refractivity contribution in [2.24, 2.45) is 0 Å². The molecule has 3 aromatic rings. The minimum Gasteiger partial charge on any atom is -0.454 e. The molecule has 0 spiro atoms. The first kappa shape index (κ1) is 23.7. The van der Waals surface area contributed by atoms with Crippen LogP contribution in [0.5, 0.6) is 11.5 Å². The molecule has 9 heteroatoms. The van der Waals surface area contributed by atoms with E-state index in [4.69, 9.17) is 14.2 Å². The summed E-state index contributed by atoms with van der Waals surface area (Å²) in [5.74, 6) is 2.22. The molecule has 184 valence electrons. The summed E-state index contributed by atoms with van der Waals surface area (Å²) >= 11 is 1.38. The van der Waals surface area contributed by atoms with Crippen molar-refractivity contribution in [2.45, 2.75) is 43.2 Å². The van der Waals surface area contributed by atoms with Crippen LogP contribution >= 0.6 is 11.8 Å². The van der Waals surface area contributed by atoms with Crippen molar-refractivity contribution in [1.82, 2.24) is 20.1 Å². The molecule has 1 aromatic heterocycles. The molecule has 1 N–H and O–H groups in total. The van der Waals surface area contributed by atoms with Gasteiger partial charge in [0.2, 0.25) is 12.7 Å². The number of benzene rings is 2. The first-order valence-electron chi connectivity index (χ1n) is 11.9. The van der Waals surface area contributed by atoms with E-state index in [1.807, 2.05) is 16.7 Å². The zero-order valence-corrected chi connectivity index (χ0v) is 20.8. The van der Waals surface area contributed by atoms with Crippen LogP contribution in [0.15, 0.2) is 53.9 Å². The fourth-order valence-corrected chi connectivity index (χ4v) is 5.28. The molecular formula is C26H30N4O4S. The fraction of sp³-hybridized carbons (Fsp3) is 0.423. The number of carbonyl (C=O) groups excluding carboxylic acids is 1. The minimum absolute atomic E-state index is 0.0358. The second kappa shape index (κ2) is 10.3. The molecule has 3 heterocycles. The molecule has 0 aliphatic carbocycles. The Bertz CT molecular complexity index is 1170. The SMILES string of the molecule is CC(C)c1ccc(-n2cnnc2SCC(=O)NCC2(c3ccc4c(c3)OCO4)CCOCC2)cc1. The quantitative estimate of drug-likeness (QED) is 0.472. The van der Waals surface area contributed by atoms with Crippen LogP contribution in [-0.4, -0.2) is 53.0 Å². The molecule has 0 atom stereocenters. The maximum absolute atomic E-state index is 12.8. The van der Waals surface area contributed by atoms with Gasteiger partial charge in [0.15, 0.2) is 16.7 Å². The minimum atomic E-state index is -0.197. The van der Waals surface area contributed by atoms with Crippen molar-refractivity contribution in [3.05, 3.63) is 59.9 Å². The summed E-state index contributed by atoms with van der Waals surface area (Å²) in [6.45, 7) is 6.46. The van der Waals surface area contributed by atoms with E-state index in [9.17, 15) is 4.79 Å². The molecule has 35 heavy (non-hydrogen) atoms. The monoisotopic (exact) mass is 494 g/mol. The van der Waals surface area contributed by atoms with Gasteiger partial charge in [0.1, 0.15) is 6.33 Å². The van der Waals surface area contributed by atoms with Crippen LogP contribution in [0, 0.1) is 0 Å². The van der Waals surface area contributed by atoms with E-state index in [1.54, 1.807) is 6.33 Å². The van der Waals surface area contributed by atoms with Crippen molar-refractivity contribution in [3.63, 3.8) is 0 Å². The van der Waals surface area contributed by atoms with Crippen LogP contribution < -0.4 is 14.8 Å². The number of fused-ring (bicyclic) bond motifs is 1. The van der Waals surface area contributed by atoms with Gasteiger partial charge in [-0.05, 0) is 54.2 Å². The molecule has 0 saturated carbocycles. The average molecular weight is 495 g/mol. The molecule has 0 radical (unpaired) electrons. The number of aromatic nitrogens is 3. The predicted molar refractivity (Wildman–Crippen MR) is 133 cm³/mol. The summed E-state index contributed by atoms with van der Waals surface area (Å²) in [5, 5.41) is 12.1. The van der Waals surface area contributed by atoms with Gasteiger partial charge in [0.25, 0.3) is 0 Å². The van der Waals surface area contributed by atoms with Crippen molar-refractivity contribution >= 4 is 17.7 Å². The molecule has 0 unspecified atom stereocenters. The van der Waals surface area contributed by atoms with E-state index >= 15 is 0 Å². The number of rotatable bonds is 8. The smallest absolute Gasteiger partial charge is 0.231 e. The van der Waals surface area contributed by atoms with Crippen LogP contribution in [0.25, 0.3) is 5.69 Å². The number of nitrogens with one attached hydrogen (secondary N) is 1. The summed E-state index contributed by atoms with van der Waals surface area (Å²) in [4.78, 5) is 12.8. The third-order valence-corrected chi connectivity index (χ3v) is 7.69. The third kappa shape index (κ3) is 5.16. The lowest BCUT2D eigenvalue weighted by Gasteiger charge is -2.38. The summed E-state index contributed by atoms with van der Waals surface area (Å²) in [6.07, 6.45) is 3.35. The predicted octanol–water partition coefficient (Wildman–Crippen LogP) is 4.08. The molecule has 8 nitrogen and oxygen atoms in total. The van der Waals surface area contributed by atoms with Crippen LogP contribution in [0.2, 0.25) is 0 Å². The Hall–Kier alpha value is -3.04. The largest absolute Gasteiger partial charge is 0.454 e. The van der Waals surface area contributed by atoms with E-state index in [0.29, 0.717) is 30.8 Å². The number of amides is 1. The lowest BCUT2D eigenvalue weighted by Crippen LogP contribution is -2.45. The number of hydrogen-bond acceptors (Lipinski definition) is 7. The van der Waals surface area contributed by atoms with Crippen LogP contribution in [0.3, 0.4) is 0 Å². The normalized spacial score (nSPS) is 16.4. The maximum atomic E-state index is 12.8. The number of nitrogens with zero attached hydrogens (tertiary/aromatic N) is 3. The fourth-order valence-electron chi connectivity index (χ4n) is 4.52. The molecule has 2 aliphatic heterocycles. The topological polar surface area (TPSA) is 87.5 Å². The van der Waals surface area contributed by atoms with Crippen molar-refractivity contribution < 1.29 is 19.0 Å². The van der Waals surface area contributed by atoms with E-state index in [1.165, 1.54) is 17.3 Å². The second-order valence-corrected chi connectivity index (χ2v) is 10.2. The van der Waals surface area contributed by atoms with Gasteiger partial charge in [0.05, 0.1) is 5.75 Å². The Morgan fingerprint density at radius 2 is 1.89 bits per heavy atom. The van der Waals surface area contributed by atoms with Gasteiger partial charge in [-0.2, -0.15) is 0 Å². The zero-order chi connectivity index (χ0) is 24.3. The Balaban J connectivity index is 1.22. The molecule has 2 aromatic carbocycles. The van der Waals surface area contributed by atoms with Gasteiger partial charge < -0.3 is 19.5 Å². The average Bonchev–Trinajstić information content (AvgIpc) is 3.56. The zero-order valence-electron chi connectivity index (χ0n) is 20.0. The molecule has 1 amide bonds. The van der Waals surface area contributed by atoms with E-state index < -0.39 is 0 Å². The second-order valence-electron chi connectivity index (χ2n) is 9.26. The molecule has 5 rings (SSSR count). The highest BCUT2D eigenvalue weighted by molar-refractivity contribution is 7.99. The van der Waals surface area contributed by atoms with Gasteiger partial charge in [-0.25, -0.2) is 0 Å². The highest BCUT2D eigenvalue weighted by Crippen LogP contribution is 2.40. The lowest BCUT2D eigenvalue weighted by atomic mass is 9.74. The highest BCUT2D eigenvalue weighted by Gasteiger charge is 2.36. The highest BCUT2D eigenvalue weighted by atomic mass is 32.2. The van der Waals surface area contributed by atoms with Crippen LogP contribution in [0.4, 0.5) is 0 Å². The van der Waals surface area contributed by atoms with E-state index in [2.05, 4.69) is 59.7 Å². The van der Waals surface area contributed by atoms with Gasteiger partial charge in [-0.3, -0.25) is 9.36 Å². The molecule has 1 fully saturated rings. The molecule has 0 bridgehead atoms. The summed E-state index contributed by atoms with van der Waals surface area (Å²) in [6, 6.07) is 14.4. The summed E-state index contributed by atoms with van der Waals surface area (Å²) < 4.78 is 18.6. The molecule has 1 saturated heterocycles. The number of thioether (sulfide) groups is 1. The Kier molecular flexibility index (Phi) is 6.97. The van der Waals surface area contributed by atoms with Crippen molar-refractivity contribution in [2.75, 3.05) is 32.3 Å². The van der Waals surface area contributed by atoms with Crippen LogP contribution in [0.1, 0.15) is 43.7 Å². The van der Waals surface area contributed by atoms with E-state index in [0.717, 1.165) is 35.6 Å². The van der Waals surface area contributed by atoms with Crippen molar-refractivity contribution in [1.29, 1.82) is 0 Å². The van der Waals surface area contributed by atoms with Gasteiger partial charge in [-0.1, -0.05) is 43.8 Å². The number of ether oxygens (including phenoxy) is 3. The maximum Gasteiger partial charge on any atom is 0.231 e. The van der Waals surface area contributed by atoms with Gasteiger partial charge in [-0.15, -0.1) is 10.2 Å². The number of carbonyl (C=O) groups is 1. The van der Waals surface area contributed by atoms with E-state index in [-0.39, 0.29) is 23.9 Å². The van der Waals surface area contributed by atoms with Gasteiger partial charge in [0, 0.05) is 30.9 Å². The standard InChI is InChI=1S/C26H30N4O4S/c1-18(2)19-3-6-21(7-4-19)30-16-28-29-25(30)35-14-24(31)27-15-26(9-11-32-12-10-26)20-5-8-22-23(13-20)34-17-33-22/h3-8,13,16,18H,9-12,14-15,17H2,1-2H3,(H,27,31). The third-order valence-electron chi connectivity index (χ3n) is 6.75. The molecule has 2 aliphatic rings. The van der Waals surface area contributed by atoms with Gasteiger partial charge >= 0.3 is 0 Å². The lowest BCUT2D eigenvalue weighted by molar-refractivity contribution is -0.119. The number of hydrogen-bond donors (Lipinski definition) is 1. The Morgan fingerprint density at radius 3 is 2.66 bits per heavy atom.